The van der Waals surface area contributed by atoms with Gasteiger partial charge in [-0.3, -0.25) is 14.6 Å². The summed E-state index contributed by atoms with van der Waals surface area (Å²) in [6, 6.07) is 7.78. The number of alkyl halides is 3. The molecule has 1 saturated heterocycles. The van der Waals surface area contributed by atoms with Crippen molar-refractivity contribution in [2.45, 2.75) is 39.8 Å². The largest absolute Gasteiger partial charge is 0.416 e. The second-order valence-corrected chi connectivity index (χ2v) is 6.82. The molecule has 2 aromatic rings. The third-order valence-corrected chi connectivity index (χ3v) is 4.79. The van der Waals surface area contributed by atoms with E-state index in [1.165, 1.54) is 12.1 Å². The monoisotopic (exact) mass is 421 g/mol. The Labute approximate surface area is 174 Å². The van der Waals surface area contributed by atoms with Crippen molar-refractivity contribution < 1.29 is 22.8 Å². The summed E-state index contributed by atoms with van der Waals surface area (Å²) in [6.45, 7) is 6.61. The molecule has 3 rings (SSSR count). The fourth-order valence-electron chi connectivity index (χ4n) is 3.12. The van der Waals surface area contributed by atoms with Gasteiger partial charge in [-0.15, -0.1) is 0 Å². The molecule has 162 valence electrons. The average molecular weight is 421 g/mol. The van der Waals surface area contributed by atoms with E-state index in [1.54, 1.807) is 23.2 Å². The zero-order chi connectivity index (χ0) is 22.3. The van der Waals surface area contributed by atoms with Gasteiger partial charge in [-0.1, -0.05) is 13.8 Å². The highest BCUT2D eigenvalue weighted by atomic mass is 19.4. The molecule has 1 aliphatic heterocycles. The Bertz CT molecular complexity index is 841. The van der Waals surface area contributed by atoms with E-state index in [0.29, 0.717) is 31.6 Å². The lowest BCUT2D eigenvalue weighted by molar-refractivity contribution is -0.137. The normalized spacial score (nSPS) is 14.5. The van der Waals surface area contributed by atoms with Crippen molar-refractivity contribution in [2.75, 3.05) is 18.4 Å². The van der Waals surface area contributed by atoms with Crippen LogP contribution in [0.3, 0.4) is 0 Å². The maximum atomic E-state index is 12.6. The number of nitrogens with zero attached hydrogens (tertiary/aromatic N) is 2. The molecule has 2 amide bonds. The van der Waals surface area contributed by atoms with Crippen molar-refractivity contribution in [3.05, 3.63) is 59.4 Å². The molecule has 0 saturated carbocycles. The number of nitrogens with one attached hydrogen (secondary N) is 1. The van der Waals surface area contributed by atoms with E-state index in [2.05, 4.69) is 10.3 Å². The second kappa shape index (κ2) is 10.2. The molecule has 1 aliphatic rings. The molecule has 2 heterocycles. The lowest BCUT2D eigenvalue weighted by Crippen LogP contribution is -2.41. The van der Waals surface area contributed by atoms with Gasteiger partial charge in [0.2, 0.25) is 5.91 Å². The number of hydrogen-bond donors (Lipinski definition) is 1. The van der Waals surface area contributed by atoms with Crippen LogP contribution in [0.15, 0.2) is 42.6 Å². The maximum absolute atomic E-state index is 12.6. The number of carbonyl (C=O) groups excluding carboxylic acids is 2. The van der Waals surface area contributed by atoms with E-state index in [1.807, 2.05) is 20.8 Å². The molecular weight excluding hydrogens is 395 g/mol. The summed E-state index contributed by atoms with van der Waals surface area (Å²) in [7, 11) is 0. The Morgan fingerprint density at radius 2 is 1.63 bits per heavy atom. The number of carbonyl (C=O) groups is 2. The van der Waals surface area contributed by atoms with E-state index in [0.717, 1.165) is 17.8 Å². The van der Waals surface area contributed by atoms with Gasteiger partial charge in [0.15, 0.2) is 0 Å². The highest BCUT2D eigenvalue weighted by molar-refractivity contribution is 5.95. The SMILES string of the molecule is CC.Cc1ccc(NC(=O)C2CCN(C(=O)c3ccc(C(F)(F)F)cc3)CC2)cn1. The second-order valence-electron chi connectivity index (χ2n) is 6.82. The van der Waals surface area contributed by atoms with Crippen LogP contribution in [0.2, 0.25) is 0 Å². The first kappa shape index (κ1) is 23.4. The molecule has 30 heavy (non-hydrogen) atoms. The summed E-state index contributed by atoms with van der Waals surface area (Å²) in [4.78, 5) is 30.6. The summed E-state index contributed by atoms with van der Waals surface area (Å²) in [5.74, 6) is -0.666. The van der Waals surface area contributed by atoms with Crippen LogP contribution in [0.4, 0.5) is 18.9 Å². The molecule has 8 heteroatoms. The van der Waals surface area contributed by atoms with Crippen molar-refractivity contribution in [3.63, 3.8) is 0 Å². The Morgan fingerprint density at radius 1 is 1.03 bits per heavy atom. The lowest BCUT2D eigenvalue weighted by atomic mass is 9.95. The lowest BCUT2D eigenvalue weighted by Gasteiger charge is -2.31. The van der Waals surface area contributed by atoms with Gasteiger partial charge in [-0.2, -0.15) is 13.2 Å². The highest BCUT2D eigenvalue weighted by Crippen LogP contribution is 2.29. The predicted molar refractivity (Wildman–Crippen MR) is 109 cm³/mol. The van der Waals surface area contributed by atoms with Crippen LogP contribution < -0.4 is 5.32 Å². The number of aryl methyl sites for hydroxylation is 1. The third kappa shape index (κ3) is 6.05. The van der Waals surface area contributed by atoms with Crippen LogP contribution in [-0.2, 0) is 11.0 Å². The fourth-order valence-corrected chi connectivity index (χ4v) is 3.12. The molecule has 1 aromatic heterocycles. The summed E-state index contributed by atoms with van der Waals surface area (Å²) in [5, 5.41) is 2.82. The zero-order valence-corrected chi connectivity index (χ0v) is 17.3. The van der Waals surface area contributed by atoms with Crippen LogP contribution in [0.1, 0.15) is 48.3 Å². The molecular formula is C22H26F3N3O2. The summed E-state index contributed by atoms with van der Waals surface area (Å²) >= 11 is 0. The molecule has 5 nitrogen and oxygen atoms in total. The number of pyridine rings is 1. The number of likely N-dealkylation sites (tertiary alicyclic amines) is 1. The first-order chi connectivity index (χ1) is 14.2. The van der Waals surface area contributed by atoms with E-state index in [-0.39, 0.29) is 23.3 Å². The van der Waals surface area contributed by atoms with Gasteiger partial charge < -0.3 is 10.2 Å². The summed E-state index contributed by atoms with van der Waals surface area (Å²) < 4.78 is 37.9. The zero-order valence-electron chi connectivity index (χ0n) is 17.3. The average Bonchev–Trinajstić information content (AvgIpc) is 2.76. The van der Waals surface area contributed by atoms with E-state index in [9.17, 15) is 22.8 Å². The van der Waals surface area contributed by atoms with Crippen molar-refractivity contribution in [3.8, 4) is 0 Å². The Hall–Kier alpha value is -2.90. The molecule has 0 unspecified atom stereocenters. The van der Waals surface area contributed by atoms with Gasteiger partial charge in [-0.05, 0) is 56.2 Å². The predicted octanol–water partition coefficient (Wildman–Crippen LogP) is 4.93. The van der Waals surface area contributed by atoms with Gasteiger partial charge in [-0.25, -0.2) is 0 Å². The number of hydrogen-bond acceptors (Lipinski definition) is 3. The van der Waals surface area contributed by atoms with Crippen molar-refractivity contribution >= 4 is 17.5 Å². The Kier molecular flexibility index (Phi) is 7.97. The maximum Gasteiger partial charge on any atom is 0.416 e. The van der Waals surface area contributed by atoms with Crippen molar-refractivity contribution in [1.82, 2.24) is 9.88 Å². The van der Waals surface area contributed by atoms with Gasteiger partial charge in [0.05, 0.1) is 17.4 Å². The van der Waals surface area contributed by atoms with E-state index < -0.39 is 11.7 Å². The quantitative estimate of drug-likeness (QED) is 0.765. The molecule has 0 bridgehead atoms. The first-order valence-corrected chi connectivity index (χ1v) is 9.94. The smallest absolute Gasteiger partial charge is 0.339 e. The van der Waals surface area contributed by atoms with E-state index >= 15 is 0 Å². The van der Waals surface area contributed by atoms with Gasteiger partial charge in [0.25, 0.3) is 5.91 Å². The van der Waals surface area contributed by atoms with Crippen LogP contribution in [0, 0.1) is 12.8 Å². The molecule has 0 aliphatic carbocycles. The highest BCUT2D eigenvalue weighted by Gasteiger charge is 2.31. The topological polar surface area (TPSA) is 62.3 Å². The molecule has 1 N–H and O–H groups in total. The van der Waals surface area contributed by atoms with Crippen LogP contribution >= 0.6 is 0 Å². The number of rotatable bonds is 3. The third-order valence-electron chi connectivity index (χ3n) is 4.79. The standard InChI is InChI=1S/C20H20F3N3O2.C2H6/c1-13-2-7-17(12-24-13)25-18(27)14-8-10-26(11-9-14)19(28)15-3-5-16(6-4-15)20(21,22)23;1-2/h2-7,12,14H,8-11H2,1H3,(H,25,27);1-2H3. The van der Waals surface area contributed by atoms with Crippen LogP contribution in [-0.4, -0.2) is 34.8 Å². The Balaban J connectivity index is 0.00000155. The van der Waals surface area contributed by atoms with Crippen LogP contribution in [0.5, 0.6) is 0 Å². The van der Waals surface area contributed by atoms with Gasteiger partial charge in [0, 0.05) is 30.3 Å². The number of amides is 2. The first-order valence-electron chi connectivity index (χ1n) is 9.94. The molecule has 1 aromatic carbocycles. The van der Waals surface area contributed by atoms with E-state index in [4.69, 9.17) is 0 Å². The fraction of sp³-hybridized carbons (Fsp3) is 0.409. The molecule has 1 fully saturated rings. The minimum absolute atomic E-state index is 0.118. The van der Waals surface area contributed by atoms with Crippen molar-refractivity contribution in [1.29, 1.82) is 0 Å². The van der Waals surface area contributed by atoms with Crippen molar-refractivity contribution in [2.24, 2.45) is 5.92 Å². The number of anilines is 1. The number of piperidine rings is 1. The molecule has 0 atom stereocenters. The number of aromatic nitrogens is 1. The number of halogens is 3. The Morgan fingerprint density at radius 3 is 2.13 bits per heavy atom. The minimum Gasteiger partial charge on any atom is -0.339 e. The number of benzene rings is 1. The molecule has 0 spiro atoms. The summed E-state index contributed by atoms with van der Waals surface area (Å²) in [6.07, 6.45) is -1.84. The summed E-state index contributed by atoms with van der Waals surface area (Å²) in [5.41, 5.74) is 0.901. The van der Waals surface area contributed by atoms with Gasteiger partial charge in [0.1, 0.15) is 0 Å². The van der Waals surface area contributed by atoms with Crippen LogP contribution in [0.25, 0.3) is 0 Å². The molecule has 0 radical (unpaired) electrons. The minimum atomic E-state index is -4.43. The van der Waals surface area contributed by atoms with Gasteiger partial charge >= 0.3 is 6.18 Å².